The molecule has 0 aliphatic rings. The van der Waals surface area contributed by atoms with Gasteiger partial charge in [0.1, 0.15) is 5.75 Å². The van der Waals surface area contributed by atoms with Gasteiger partial charge in [0.15, 0.2) is 0 Å². The number of hydrogen-bond acceptors (Lipinski definition) is 5. The van der Waals surface area contributed by atoms with E-state index in [1.165, 1.54) is 7.11 Å². The maximum absolute atomic E-state index is 11.9. The molecule has 0 spiro atoms. The van der Waals surface area contributed by atoms with E-state index in [2.05, 4.69) is 4.74 Å². The van der Waals surface area contributed by atoms with Crippen molar-refractivity contribution in [2.75, 3.05) is 20.8 Å². The molecule has 0 saturated heterocycles. The van der Waals surface area contributed by atoms with Gasteiger partial charge in [-0.1, -0.05) is 6.07 Å². The lowest BCUT2D eigenvalue weighted by Gasteiger charge is -2.09. The van der Waals surface area contributed by atoms with Crippen molar-refractivity contribution in [3.63, 3.8) is 0 Å². The number of ketones is 1. The zero-order valence-electron chi connectivity index (χ0n) is 10.7. The number of carbonyl (C=O) groups is 2. The van der Waals surface area contributed by atoms with Crippen molar-refractivity contribution in [3.8, 4) is 5.75 Å². The van der Waals surface area contributed by atoms with E-state index in [4.69, 9.17) is 9.47 Å². The van der Waals surface area contributed by atoms with Crippen LogP contribution in [0, 0.1) is 0 Å². The van der Waals surface area contributed by atoms with Gasteiger partial charge in [-0.25, -0.2) is 4.79 Å². The van der Waals surface area contributed by atoms with Crippen molar-refractivity contribution in [2.45, 2.75) is 13.5 Å². The second-order valence-corrected chi connectivity index (χ2v) is 3.52. The van der Waals surface area contributed by atoms with Gasteiger partial charge in [-0.05, 0) is 24.6 Å². The van der Waals surface area contributed by atoms with Crippen LogP contribution in [0.5, 0.6) is 5.75 Å². The molecule has 1 aromatic carbocycles. The Morgan fingerprint density at radius 1 is 1.22 bits per heavy atom. The molecule has 0 aliphatic heterocycles. The third-order valence-electron chi connectivity index (χ3n) is 2.28. The molecular formula is C13H16O5. The van der Waals surface area contributed by atoms with E-state index in [1.807, 2.05) is 0 Å². The Balaban J connectivity index is 3.07. The third kappa shape index (κ3) is 3.30. The molecule has 18 heavy (non-hydrogen) atoms. The number of benzene rings is 1. The number of Topliss-reactive ketones (excluding diaryl/α,β-unsaturated/α-hetero) is 1. The summed E-state index contributed by atoms with van der Waals surface area (Å²) in [5.74, 6) is -1.26. The van der Waals surface area contributed by atoms with E-state index in [-0.39, 0.29) is 12.2 Å². The lowest BCUT2D eigenvalue weighted by atomic mass is 10.1. The van der Waals surface area contributed by atoms with Crippen LogP contribution in [0.1, 0.15) is 22.8 Å². The number of rotatable bonds is 6. The zero-order chi connectivity index (χ0) is 13.5. The summed E-state index contributed by atoms with van der Waals surface area (Å²) in [5, 5.41) is 0. The molecule has 0 aromatic heterocycles. The first-order valence-corrected chi connectivity index (χ1v) is 5.51. The Morgan fingerprint density at radius 2 is 1.94 bits per heavy atom. The minimum absolute atomic E-state index is 0.157. The standard InChI is InChI=1S/C13H16O5/c1-4-18-13(15)12(14)10-7-9(8-16-2)5-6-11(10)17-3/h5-7H,4,8H2,1-3H3. The molecule has 5 heteroatoms. The summed E-state index contributed by atoms with van der Waals surface area (Å²) < 4.78 is 14.7. The molecule has 0 saturated carbocycles. The van der Waals surface area contributed by atoms with E-state index in [0.717, 1.165) is 5.56 Å². The Bertz CT molecular complexity index is 439. The van der Waals surface area contributed by atoms with E-state index in [1.54, 1.807) is 32.2 Å². The van der Waals surface area contributed by atoms with Crippen LogP contribution in [0.3, 0.4) is 0 Å². The molecule has 0 atom stereocenters. The predicted molar refractivity (Wildman–Crippen MR) is 64.7 cm³/mol. The SMILES string of the molecule is CCOC(=O)C(=O)c1cc(COC)ccc1OC. The fourth-order valence-electron chi connectivity index (χ4n) is 1.50. The van der Waals surface area contributed by atoms with Crippen molar-refractivity contribution < 1.29 is 23.8 Å². The monoisotopic (exact) mass is 252 g/mol. The first kappa shape index (κ1) is 14.2. The molecule has 0 radical (unpaired) electrons. The largest absolute Gasteiger partial charge is 0.496 e. The smallest absolute Gasteiger partial charge is 0.379 e. The van der Waals surface area contributed by atoms with Crippen LogP contribution in [0.4, 0.5) is 0 Å². The van der Waals surface area contributed by atoms with Gasteiger partial charge >= 0.3 is 5.97 Å². The van der Waals surface area contributed by atoms with Crippen LogP contribution in [0.15, 0.2) is 18.2 Å². The molecular weight excluding hydrogens is 236 g/mol. The van der Waals surface area contributed by atoms with E-state index >= 15 is 0 Å². The average Bonchev–Trinajstić information content (AvgIpc) is 2.38. The van der Waals surface area contributed by atoms with Crippen LogP contribution < -0.4 is 4.74 Å². The second-order valence-electron chi connectivity index (χ2n) is 3.52. The van der Waals surface area contributed by atoms with Crippen LogP contribution in [0.25, 0.3) is 0 Å². The van der Waals surface area contributed by atoms with E-state index in [9.17, 15) is 9.59 Å². The third-order valence-corrected chi connectivity index (χ3v) is 2.28. The fraction of sp³-hybridized carbons (Fsp3) is 0.385. The number of carbonyl (C=O) groups excluding carboxylic acids is 2. The molecule has 0 heterocycles. The molecule has 1 rings (SSSR count). The van der Waals surface area contributed by atoms with E-state index < -0.39 is 11.8 Å². The minimum Gasteiger partial charge on any atom is -0.496 e. The highest BCUT2D eigenvalue weighted by Crippen LogP contribution is 2.21. The molecule has 0 fully saturated rings. The van der Waals surface area contributed by atoms with Gasteiger partial charge in [-0.3, -0.25) is 4.79 Å². The van der Waals surface area contributed by atoms with Crippen molar-refractivity contribution in [3.05, 3.63) is 29.3 Å². The molecule has 0 amide bonds. The Labute approximate surface area is 106 Å². The van der Waals surface area contributed by atoms with Gasteiger partial charge in [-0.15, -0.1) is 0 Å². The summed E-state index contributed by atoms with van der Waals surface area (Å²) in [6, 6.07) is 4.96. The lowest BCUT2D eigenvalue weighted by Crippen LogP contribution is -2.18. The topological polar surface area (TPSA) is 61.8 Å². The van der Waals surface area contributed by atoms with Gasteiger partial charge in [0.2, 0.25) is 0 Å². The van der Waals surface area contributed by atoms with Crippen molar-refractivity contribution in [1.29, 1.82) is 0 Å². The molecule has 0 aliphatic carbocycles. The predicted octanol–water partition coefficient (Wildman–Crippen LogP) is 1.59. The van der Waals surface area contributed by atoms with Crippen LogP contribution in [0.2, 0.25) is 0 Å². The summed E-state index contributed by atoms with van der Waals surface area (Å²) in [4.78, 5) is 23.3. The first-order chi connectivity index (χ1) is 8.63. The zero-order valence-corrected chi connectivity index (χ0v) is 10.7. The highest BCUT2D eigenvalue weighted by molar-refractivity contribution is 6.41. The Hall–Kier alpha value is -1.88. The van der Waals surface area contributed by atoms with Crippen LogP contribution >= 0.6 is 0 Å². The minimum atomic E-state index is -0.884. The van der Waals surface area contributed by atoms with Gasteiger partial charge in [0.25, 0.3) is 5.78 Å². The highest BCUT2D eigenvalue weighted by Gasteiger charge is 2.21. The molecule has 98 valence electrons. The van der Waals surface area contributed by atoms with E-state index in [0.29, 0.717) is 12.4 Å². The Kier molecular flexibility index (Phi) is 5.32. The average molecular weight is 252 g/mol. The van der Waals surface area contributed by atoms with Crippen molar-refractivity contribution in [1.82, 2.24) is 0 Å². The summed E-state index contributed by atoms with van der Waals surface area (Å²) in [6.45, 7) is 2.15. The Morgan fingerprint density at radius 3 is 2.50 bits per heavy atom. The maximum atomic E-state index is 11.9. The van der Waals surface area contributed by atoms with Crippen LogP contribution in [-0.2, 0) is 20.9 Å². The summed E-state index contributed by atoms with van der Waals surface area (Å²) in [7, 11) is 2.99. The molecule has 5 nitrogen and oxygen atoms in total. The number of esters is 1. The van der Waals surface area contributed by atoms with Crippen LogP contribution in [-0.4, -0.2) is 32.6 Å². The van der Waals surface area contributed by atoms with Gasteiger partial charge < -0.3 is 14.2 Å². The van der Waals surface area contributed by atoms with Gasteiger partial charge in [0.05, 0.1) is 25.9 Å². The summed E-state index contributed by atoms with van der Waals surface area (Å²) in [6.07, 6.45) is 0. The van der Waals surface area contributed by atoms with Gasteiger partial charge in [-0.2, -0.15) is 0 Å². The normalized spacial score (nSPS) is 9.94. The van der Waals surface area contributed by atoms with Crippen molar-refractivity contribution in [2.24, 2.45) is 0 Å². The maximum Gasteiger partial charge on any atom is 0.379 e. The highest BCUT2D eigenvalue weighted by atomic mass is 16.5. The molecule has 0 bridgehead atoms. The molecule has 0 unspecified atom stereocenters. The summed E-state index contributed by atoms with van der Waals surface area (Å²) in [5.41, 5.74) is 0.969. The molecule has 0 N–H and O–H groups in total. The quantitative estimate of drug-likeness (QED) is 0.437. The lowest BCUT2D eigenvalue weighted by molar-refractivity contribution is -0.137. The van der Waals surface area contributed by atoms with Gasteiger partial charge in [0, 0.05) is 7.11 Å². The number of methoxy groups -OCH3 is 2. The van der Waals surface area contributed by atoms with Crippen molar-refractivity contribution >= 4 is 11.8 Å². The first-order valence-electron chi connectivity index (χ1n) is 5.51. The number of hydrogen-bond donors (Lipinski definition) is 0. The molecule has 1 aromatic rings. The summed E-state index contributed by atoms with van der Waals surface area (Å²) >= 11 is 0. The number of ether oxygens (including phenoxy) is 3. The second kappa shape index (κ2) is 6.76. The fourth-order valence-corrected chi connectivity index (χ4v) is 1.50.